The number of rotatable bonds is 4. The first kappa shape index (κ1) is 15.5. The smallest absolute Gasteiger partial charge is 0.239 e. The molecule has 2 atom stereocenters. The zero-order valence-electron chi connectivity index (χ0n) is 13.6. The second kappa shape index (κ2) is 6.79. The molecule has 0 bridgehead atoms. The molecule has 0 aromatic carbocycles. The SMILES string of the molecule is Cc1cnn(C[C@@H]2CCCN2C(=O)[C@@H](C)N2CCOCC2)c1. The van der Waals surface area contributed by atoms with Gasteiger partial charge in [-0.2, -0.15) is 5.10 Å². The number of likely N-dealkylation sites (tertiary alicyclic amines) is 1. The summed E-state index contributed by atoms with van der Waals surface area (Å²) in [5.41, 5.74) is 1.16. The van der Waals surface area contributed by atoms with E-state index < -0.39 is 0 Å². The van der Waals surface area contributed by atoms with Crippen molar-refractivity contribution in [2.24, 2.45) is 0 Å². The molecule has 1 amide bonds. The maximum absolute atomic E-state index is 12.9. The Hall–Kier alpha value is -1.40. The lowest BCUT2D eigenvalue weighted by Gasteiger charge is -2.35. The quantitative estimate of drug-likeness (QED) is 0.829. The standard InChI is InChI=1S/C16H26N4O2/c1-13-10-17-19(11-13)12-15-4-3-5-20(15)16(21)14(2)18-6-8-22-9-7-18/h10-11,14-15H,3-9,12H2,1-2H3/t14-,15+/m1/s1. The number of carbonyl (C=O) groups is 1. The summed E-state index contributed by atoms with van der Waals surface area (Å²) >= 11 is 0. The van der Waals surface area contributed by atoms with Crippen LogP contribution in [-0.2, 0) is 16.1 Å². The van der Waals surface area contributed by atoms with Crippen LogP contribution in [0.4, 0.5) is 0 Å². The molecule has 2 saturated heterocycles. The lowest BCUT2D eigenvalue weighted by molar-refractivity contribution is -0.139. The van der Waals surface area contributed by atoms with Crippen molar-refractivity contribution in [2.75, 3.05) is 32.8 Å². The van der Waals surface area contributed by atoms with E-state index in [1.807, 2.05) is 30.9 Å². The number of morpholine rings is 1. The molecule has 2 fully saturated rings. The van der Waals surface area contributed by atoms with E-state index in [1.165, 1.54) is 0 Å². The molecule has 6 heteroatoms. The van der Waals surface area contributed by atoms with Gasteiger partial charge in [0.05, 0.1) is 38.0 Å². The molecule has 0 N–H and O–H groups in total. The fraction of sp³-hybridized carbons (Fsp3) is 0.750. The topological polar surface area (TPSA) is 50.6 Å². The molecule has 3 heterocycles. The molecule has 0 spiro atoms. The number of amides is 1. The molecular weight excluding hydrogens is 280 g/mol. The average Bonchev–Trinajstić information content (AvgIpc) is 3.16. The van der Waals surface area contributed by atoms with Crippen molar-refractivity contribution < 1.29 is 9.53 Å². The fourth-order valence-electron chi connectivity index (χ4n) is 3.46. The highest BCUT2D eigenvalue weighted by Crippen LogP contribution is 2.21. The van der Waals surface area contributed by atoms with E-state index >= 15 is 0 Å². The average molecular weight is 306 g/mol. The van der Waals surface area contributed by atoms with Gasteiger partial charge >= 0.3 is 0 Å². The molecule has 22 heavy (non-hydrogen) atoms. The van der Waals surface area contributed by atoms with E-state index in [1.54, 1.807) is 0 Å². The third kappa shape index (κ3) is 3.33. The Morgan fingerprint density at radius 1 is 1.41 bits per heavy atom. The highest BCUT2D eigenvalue weighted by atomic mass is 16.5. The summed E-state index contributed by atoms with van der Waals surface area (Å²) < 4.78 is 7.34. The van der Waals surface area contributed by atoms with Gasteiger partial charge in [-0.25, -0.2) is 0 Å². The Balaban J connectivity index is 1.62. The highest BCUT2D eigenvalue weighted by Gasteiger charge is 2.34. The van der Waals surface area contributed by atoms with E-state index in [0.717, 1.165) is 57.8 Å². The van der Waals surface area contributed by atoms with Gasteiger partial charge < -0.3 is 9.64 Å². The van der Waals surface area contributed by atoms with E-state index in [4.69, 9.17) is 4.74 Å². The minimum Gasteiger partial charge on any atom is -0.379 e. The van der Waals surface area contributed by atoms with Gasteiger partial charge in [-0.3, -0.25) is 14.4 Å². The van der Waals surface area contributed by atoms with Crippen molar-refractivity contribution in [2.45, 2.75) is 45.3 Å². The third-order valence-corrected chi connectivity index (χ3v) is 4.77. The van der Waals surface area contributed by atoms with Crippen LogP contribution in [0.1, 0.15) is 25.3 Å². The minimum atomic E-state index is -0.0520. The molecular formula is C16H26N4O2. The number of aryl methyl sites for hydroxylation is 1. The third-order valence-electron chi connectivity index (χ3n) is 4.77. The van der Waals surface area contributed by atoms with Crippen LogP contribution in [-0.4, -0.2) is 70.4 Å². The number of hydrogen-bond donors (Lipinski definition) is 0. The van der Waals surface area contributed by atoms with Crippen molar-refractivity contribution in [1.82, 2.24) is 19.6 Å². The second-order valence-corrected chi connectivity index (χ2v) is 6.39. The Kier molecular flexibility index (Phi) is 4.78. The van der Waals surface area contributed by atoms with Crippen LogP contribution in [0.15, 0.2) is 12.4 Å². The first-order valence-corrected chi connectivity index (χ1v) is 8.26. The van der Waals surface area contributed by atoms with Gasteiger partial charge in [0.15, 0.2) is 0 Å². The first-order valence-electron chi connectivity index (χ1n) is 8.26. The normalized spacial score (nSPS) is 24.6. The van der Waals surface area contributed by atoms with Crippen LogP contribution in [0.3, 0.4) is 0 Å². The second-order valence-electron chi connectivity index (χ2n) is 6.39. The lowest BCUT2D eigenvalue weighted by atomic mass is 10.2. The van der Waals surface area contributed by atoms with Crippen LogP contribution < -0.4 is 0 Å². The molecule has 0 unspecified atom stereocenters. The van der Waals surface area contributed by atoms with E-state index in [2.05, 4.69) is 14.9 Å². The summed E-state index contributed by atoms with van der Waals surface area (Å²) in [6, 6.07) is 0.221. The van der Waals surface area contributed by atoms with Crippen molar-refractivity contribution in [1.29, 1.82) is 0 Å². The minimum absolute atomic E-state index is 0.0520. The van der Waals surface area contributed by atoms with E-state index in [9.17, 15) is 4.79 Å². The monoisotopic (exact) mass is 306 g/mol. The Labute approximate surface area is 132 Å². The Morgan fingerprint density at radius 2 is 2.18 bits per heavy atom. The van der Waals surface area contributed by atoms with Gasteiger partial charge in [0.2, 0.25) is 5.91 Å². The van der Waals surface area contributed by atoms with Gasteiger partial charge in [-0.1, -0.05) is 0 Å². The number of carbonyl (C=O) groups excluding carboxylic acids is 1. The summed E-state index contributed by atoms with van der Waals surface area (Å²) in [5.74, 6) is 0.258. The highest BCUT2D eigenvalue weighted by molar-refractivity contribution is 5.82. The van der Waals surface area contributed by atoms with Crippen molar-refractivity contribution in [3.63, 3.8) is 0 Å². The maximum atomic E-state index is 12.9. The summed E-state index contributed by atoms with van der Waals surface area (Å²) in [7, 11) is 0. The number of hydrogen-bond acceptors (Lipinski definition) is 4. The van der Waals surface area contributed by atoms with Crippen molar-refractivity contribution in [3.05, 3.63) is 18.0 Å². The Morgan fingerprint density at radius 3 is 2.86 bits per heavy atom. The van der Waals surface area contributed by atoms with E-state index in [-0.39, 0.29) is 18.0 Å². The van der Waals surface area contributed by atoms with Crippen molar-refractivity contribution >= 4 is 5.91 Å². The predicted molar refractivity (Wildman–Crippen MR) is 83.6 cm³/mol. The van der Waals surface area contributed by atoms with Gasteiger partial charge in [-0.05, 0) is 32.3 Å². The summed E-state index contributed by atoms with van der Waals surface area (Å²) in [4.78, 5) is 17.2. The molecule has 0 radical (unpaired) electrons. The predicted octanol–water partition coefficient (Wildman–Crippen LogP) is 0.903. The molecule has 1 aromatic heterocycles. The number of nitrogens with zero attached hydrogens (tertiary/aromatic N) is 4. The van der Waals surface area contributed by atoms with Crippen LogP contribution in [0.2, 0.25) is 0 Å². The number of ether oxygens (including phenoxy) is 1. The van der Waals surface area contributed by atoms with Gasteiger partial charge in [-0.15, -0.1) is 0 Å². The fourth-order valence-corrected chi connectivity index (χ4v) is 3.46. The zero-order valence-corrected chi connectivity index (χ0v) is 13.6. The van der Waals surface area contributed by atoms with Crippen LogP contribution in [0, 0.1) is 6.92 Å². The van der Waals surface area contributed by atoms with Crippen LogP contribution >= 0.6 is 0 Å². The summed E-state index contributed by atoms with van der Waals surface area (Å²) in [6.07, 6.45) is 6.08. The maximum Gasteiger partial charge on any atom is 0.239 e. The van der Waals surface area contributed by atoms with Gasteiger partial charge in [0.25, 0.3) is 0 Å². The summed E-state index contributed by atoms with van der Waals surface area (Å²) in [6.45, 7) is 8.91. The first-order chi connectivity index (χ1) is 10.6. The largest absolute Gasteiger partial charge is 0.379 e. The van der Waals surface area contributed by atoms with E-state index in [0.29, 0.717) is 0 Å². The molecule has 2 aliphatic rings. The Bertz CT molecular complexity index is 510. The molecule has 0 saturated carbocycles. The van der Waals surface area contributed by atoms with Crippen LogP contribution in [0.25, 0.3) is 0 Å². The molecule has 6 nitrogen and oxygen atoms in total. The lowest BCUT2D eigenvalue weighted by Crippen LogP contribution is -2.52. The molecule has 0 aliphatic carbocycles. The van der Waals surface area contributed by atoms with Crippen LogP contribution in [0.5, 0.6) is 0 Å². The van der Waals surface area contributed by atoms with Gasteiger partial charge in [0, 0.05) is 25.8 Å². The molecule has 1 aromatic rings. The zero-order chi connectivity index (χ0) is 15.5. The molecule has 3 rings (SSSR count). The van der Waals surface area contributed by atoms with Crippen molar-refractivity contribution in [3.8, 4) is 0 Å². The van der Waals surface area contributed by atoms with Gasteiger partial charge in [0.1, 0.15) is 0 Å². The summed E-state index contributed by atoms with van der Waals surface area (Å²) in [5, 5.41) is 4.36. The molecule has 2 aliphatic heterocycles. The number of aromatic nitrogens is 2. The molecule has 122 valence electrons.